The van der Waals surface area contributed by atoms with E-state index >= 15 is 0 Å². The Morgan fingerprint density at radius 3 is 2.20 bits per heavy atom. The number of hydrogen-bond donors (Lipinski definition) is 3. The van der Waals surface area contributed by atoms with E-state index in [4.69, 9.17) is 11.6 Å². The summed E-state index contributed by atoms with van der Waals surface area (Å²) in [4.78, 5) is 44.4. The number of halogens is 1. The van der Waals surface area contributed by atoms with Crippen LogP contribution in [0.3, 0.4) is 0 Å². The van der Waals surface area contributed by atoms with E-state index < -0.39 is 17.1 Å². The fourth-order valence-electron chi connectivity index (χ4n) is 4.04. The van der Waals surface area contributed by atoms with Gasteiger partial charge in [0.25, 0.3) is 11.8 Å². The number of carbonyl (C=O) groups is 3. The molecule has 0 saturated heterocycles. The first-order valence-electron chi connectivity index (χ1n) is 13.6. The molecule has 4 aromatic carbocycles. The minimum absolute atomic E-state index is 0.0355. The van der Waals surface area contributed by atoms with Crippen LogP contribution in [0.1, 0.15) is 22.8 Å². The second kappa shape index (κ2) is 14.7. The second-order valence-electron chi connectivity index (χ2n) is 9.53. The highest BCUT2D eigenvalue weighted by Gasteiger charge is 2.18. The largest absolute Gasteiger partial charge is 0.321 e. The molecule has 3 amide bonds. The number of hydrogen-bond acceptors (Lipinski definition) is 6. The van der Waals surface area contributed by atoms with Crippen molar-refractivity contribution in [3.8, 4) is 11.3 Å². The number of anilines is 2. The van der Waals surface area contributed by atoms with E-state index in [1.54, 1.807) is 60.7 Å². The Hall–Kier alpha value is -4.70. The van der Waals surface area contributed by atoms with Gasteiger partial charge in [0, 0.05) is 32.1 Å². The Morgan fingerprint density at radius 2 is 1.50 bits per heavy atom. The summed E-state index contributed by atoms with van der Waals surface area (Å²) in [5.41, 5.74) is 3.36. The van der Waals surface area contributed by atoms with Crippen LogP contribution in [0.5, 0.6) is 0 Å². The number of carbonyl (C=O) groups excluding carboxylic acids is 3. The van der Waals surface area contributed by atoms with Crippen molar-refractivity contribution in [2.24, 2.45) is 0 Å². The molecule has 7 nitrogen and oxygen atoms in total. The zero-order valence-electron chi connectivity index (χ0n) is 23.5. The predicted molar refractivity (Wildman–Crippen MR) is 180 cm³/mol. The van der Waals surface area contributed by atoms with Crippen LogP contribution in [0.15, 0.2) is 125 Å². The van der Waals surface area contributed by atoms with Crippen LogP contribution in [0, 0.1) is 0 Å². The van der Waals surface area contributed by atoms with Gasteiger partial charge in [0.1, 0.15) is 5.70 Å². The number of nitrogens with zero attached hydrogens (tertiary/aromatic N) is 1. The molecule has 0 bridgehead atoms. The van der Waals surface area contributed by atoms with Gasteiger partial charge in [0.05, 0.1) is 10.9 Å². The average Bonchev–Trinajstić information content (AvgIpc) is 3.52. The van der Waals surface area contributed by atoms with Crippen molar-refractivity contribution in [3.05, 3.63) is 136 Å². The normalized spacial score (nSPS) is 11.8. The highest BCUT2D eigenvalue weighted by molar-refractivity contribution is 8.00. The van der Waals surface area contributed by atoms with Crippen LogP contribution in [-0.4, -0.2) is 28.0 Å². The third-order valence-electron chi connectivity index (χ3n) is 6.33. The van der Waals surface area contributed by atoms with E-state index in [2.05, 4.69) is 20.9 Å². The first-order chi connectivity index (χ1) is 21.4. The summed E-state index contributed by atoms with van der Waals surface area (Å²) in [5, 5.41) is 10.9. The summed E-state index contributed by atoms with van der Waals surface area (Å²) < 4.78 is 0. The van der Waals surface area contributed by atoms with E-state index in [1.165, 1.54) is 29.2 Å². The third kappa shape index (κ3) is 8.23. The zero-order chi connectivity index (χ0) is 30.9. The lowest BCUT2D eigenvalue weighted by atomic mass is 10.1. The molecule has 0 saturated carbocycles. The summed E-state index contributed by atoms with van der Waals surface area (Å²) in [5.74, 6) is -1.10. The van der Waals surface area contributed by atoms with Crippen molar-refractivity contribution in [1.29, 1.82) is 0 Å². The lowest BCUT2D eigenvalue weighted by Gasteiger charge is -2.13. The maximum Gasteiger partial charge on any atom is 0.272 e. The topological polar surface area (TPSA) is 100 Å². The van der Waals surface area contributed by atoms with Gasteiger partial charge in [0.2, 0.25) is 5.91 Å². The van der Waals surface area contributed by atoms with Gasteiger partial charge in [-0.25, -0.2) is 4.98 Å². The summed E-state index contributed by atoms with van der Waals surface area (Å²) in [7, 11) is 0. The molecule has 1 heterocycles. The summed E-state index contributed by atoms with van der Waals surface area (Å²) in [6.45, 7) is 1.82. The molecule has 5 aromatic rings. The van der Waals surface area contributed by atoms with E-state index in [-0.39, 0.29) is 11.6 Å². The van der Waals surface area contributed by atoms with Crippen LogP contribution in [0.4, 0.5) is 10.8 Å². The number of rotatable bonds is 10. The monoisotopic (exact) mass is 638 g/mol. The van der Waals surface area contributed by atoms with E-state index in [0.29, 0.717) is 27.0 Å². The van der Waals surface area contributed by atoms with Crippen LogP contribution >= 0.6 is 34.7 Å². The molecular formula is C34H27ClN4O3S2. The quantitative estimate of drug-likeness (QED) is 0.106. The number of aromatic nitrogens is 1. The molecule has 3 N–H and O–H groups in total. The molecule has 5 rings (SSSR count). The molecule has 0 radical (unpaired) electrons. The Morgan fingerprint density at radius 1 is 0.841 bits per heavy atom. The van der Waals surface area contributed by atoms with Crippen molar-refractivity contribution in [2.45, 2.75) is 17.1 Å². The lowest BCUT2D eigenvalue weighted by molar-refractivity contribution is -0.115. The van der Waals surface area contributed by atoms with Gasteiger partial charge in [-0.05, 0) is 61.0 Å². The summed E-state index contributed by atoms with van der Waals surface area (Å²) in [6.07, 6.45) is 1.54. The molecule has 0 spiro atoms. The minimum atomic E-state index is -0.513. The van der Waals surface area contributed by atoms with E-state index in [1.807, 2.05) is 60.8 Å². The highest BCUT2D eigenvalue weighted by Crippen LogP contribution is 2.28. The van der Waals surface area contributed by atoms with Gasteiger partial charge in [-0.3, -0.25) is 14.4 Å². The molecule has 0 aliphatic carbocycles. The van der Waals surface area contributed by atoms with Crippen molar-refractivity contribution < 1.29 is 14.4 Å². The molecule has 0 fully saturated rings. The van der Waals surface area contributed by atoms with E-state index in [9.17, 15) is 14.4 Å². The molecule has 1 unspecified atom stereocenters. The zero-order valence-corrected chi connectivity index (χ0v) is 25.9. The Balaban J connectivity index is 1.22. The van der Waals surface area contributed by atoms with Gasteiger partial charge in [-0.15, -0.1) is 23.1 Å². The SMILES string of the molecule is CC(Sc1ccc(NC(=O)/C(=C/c2ccccc2Cl)NC(=O)c2ccccc2)cc1)C(=O)Nc1nc(-c2ccccc2)cs1. The Bertz CT molecular complexity index is 1790. The van der Waals surface area contributed by atoms with Gasteiger partial charge in [0.15, 0.2) is 5.13 Å². The number of thioether (sulfide) groups is 1. The fourth-order valence-corrected chi connectivity index (χ4v) is 5.82. The molecule has 10 heteroatoms. The molecule has 0 aliphatic heterocycles. The summed E-state index contributed by atoms with van der Waals surface area (Å²) in [6, 6.07) is 32.6. The van der Waals surface area contributed by atoms with E-state index in [0.717, 1.165) is 16.2 Å². The van der Waals surface area contributed by atoms with Crippen LogP contribution in [-0.2, 0) is 9.59 Å². The maximum absolute atomic E-state index is 13.3. The Labute approximate surface area is 268 Å². The number of nitrogens with one attached hydrogen (secondary N) is 3. The second-order valence-corrected chi connectivity index (χ2v) is 12.2. The predicted octanol–water partition coefficient (Wildman–Crippen LogP) is 7.99. The fraction of sp³-hybridized carbons (Fsp3) is 0.0588. The first-order valence-corrected chi connectivity index (χ1v) is 15.7. The average molecular weight is 639 g/mol. The molecule has 1 atom stereocenters. The van der Waals surface area contributed by atoms with Crippen molar-refractivity contribution in [1.82, 2.24) is 10.3 Å². The molecule has 0 aliphatic rings. The number of amides is 3. The first kappa shape index (κ1) is 30.7. The van der Waals surface area contributed by atoms with Crippen molar-refractivity contribution in [2.75, 3.05) is 10.6 Å². The standard InChI is InChI=1S/C34H27ClN4O3S2/c1-22(31(40)39-34-38-30(21-43-34)23-10-4-2-5-11-23)44-27-18-16-26(17-19-27)36-33(42)29(20-25-14-8-9-15-28(25)35)37-32(41)24-12-6-3-7-13-24/h2-22H,1H3,(H,36,42)(H,37,41)(H,38,39,40)/b29-20-. The molecular weight excluding hydrogens is 612 g/mol. The summed E-state index contributed by atoms with van der Waals surface area (Å²) >= 11 is 9.08. The lowest BCUT2D eigenvalue weighted by Crippen LogP contribution is -2.30. The minimum Gasteiger partial charge on any atom is -0.321 e. The van der Waals surface area contributed by atoms with Crippen LogP contribution in [0.2, 0.25) is 5.02 Å². The van der Waals surface area contributed by atoms with Crippen molar-refractivity contribution in [3.63, 3.8) is 0 Å². The van der Waals surface area contributed by atoms with Gasteiger partial charge in [-0.2, -0.15) is 0 Å². The van der Waals surface area contributed by atoms with Gasteiger partial charge >= 0.3 is 0 Å². The molecule has 220 valence electrons. The Kier molecular flexibility index (Phi) is 10.2. The van der Waals surface area contributed by atoms with Gasteiger partial charge < -0.3 is 16.0 Å². The molecule has 44 heavy (non-hydrogen) atoms. The smallest absolute Gasteiger partial charge is 0.272 e. The van der Waals surface area contributed by atoms with Gasteiger partial charge in [-0.1, -0.05) is 78.3 Å². The number of benzene rings is 4. The van der Waals surface area contributed by atoms with Crippen LogP contribution < -0.4 is 16.0 Å². The third-order valence-corrected chi connectivity index (χ3v) is 8.55. The molecule has 1 aromatic heterocycles. The number of thiazole rings is 1. The highest BCUT2D eigenvalue weighted by atomic mass is 35.5. The van der Waals surface area contributed by atoms with Crippen molar-refractivity contribution >= 4 is 69.3 Å². The maximum atomic E-state index is 13.3. The van der Waals surface area contributed by atoms with Crippen LogP contribution in [0.25, 0.3) is 17.3 Å².